The van der Waals surface area contributed by atoms with Crippen LogP contribution in [0, 0.1) is 0 Å². The van der Waals surface area contributed by atoms with Crippen LogP contribution in [0.4, 0.5) is 0 Å². The molecule has 1 aliphatic rings. The first-order valence-electron chi connectivity index (χ1n) is 21.6. The van der Waals surface area contributed by atoms with Crippen molar-refractivity contribution in [3.8, 4) is 0 Å². The molecular weight excluding hydrogens is 729 g/mol. The second kappa shape index (κ2) is 34.6. The number of esters is 1. The minimum atomic E-state index is -5.05. The van der Waals surface area contributed by atoms with Crippen molar-refractivity contribution >= 4 is 16.4 Å². The zero-order valence-electron chi connectivity index (χ0n) is 34.2. The first-order chi connectivity index (χ1) is 26.6. The summed E-state index contributed by atoms with van der Waals surface area (Å²) in [6.07, 6.45) is 29.5. The molecule has 55 heavy (non-hydrogen) atoms. The molecule has 0 aromatic carbocycles. The summed E-state index contributed by atoms with van der Waals surface area (Å²) >= 11 is 0. The molecule has 0 radical (unpaired) electrons. The number of unbranched alkanes of at least 4 members (excludes halogenated alkanes) is 20. The molecule has 0 aromatic rings. The van der Waals surface area contributed by atoms with Gasteiger partial charge < -0.3 is 34.3 Å². The van der Waals surface area contributed by atoms with E-state index >= 15 is 0 Å². The van der Waals surface area contributed by atoms with Gasteiger partial charge in [0.1, 0.15) is 30.5 Å². The number of aliphatic hydroxyl groups excluding tert-OH is 3. The van der Waals surface area contributed by atoms with Gasteiger partial charge in [-0.3, -0.25) is 9.35 Å². The summed E-state index contributed by atoms with van der Waals surface area (Å²) in [5.41, 5.74) is 0. The predicted molar refractivity (Wildman–Crippen MR) is 216 cm³/mol. The summed E-state index contributed by atoms with van der Waals surface area (Å²) in [7, 11) is -5.05. The monoisotopic (exact) mass is 807 g/mol. The van der Waals surface area contributed by atoms with E-state index < -0.39 is 59.8 Å². The molecule has 324 valence electrons. The molecule has 0 aliphatic carbocycles. The third-order valence-corrected chi connectivity index (χ3v) is 10.3. The average Bonchev–Trinajstić information content (AvgIpc) is 3.15. The summed E-state index contributed by atoms with van der Waals surface area (Å²) < 4.78 is 58.2. The van der Waals surface area contributed by atoms with Crippen LogP contribution in [0.2, 0.25) is 0 Å². The standard InChI is InChI=1S/C42H78O12S/c1-3-5-7-8-9-10-11-12-13-14-15-16-17-18-19-20-21-22-23-24-25-26-27-28-29-30-32-50-34-36(52-38(44)31-6-4-2)35-51-42-40(46)41(54-55(47,48)49)39(45)37(33-43)53-42/h11-12,14-15,36-37,39-43,45-46H,3-10,13,16-35H2,1-2H3,(H,47,48,49)/b12-11-,15-14-. The highest BCUT2D eigenvalue weighted by Crippen LogP contribution is 2.26. The molecule has 0 amide bonds. The number of hydrogen-bond donors (Lipinski definition) is 4. The number of aliphatic hydroxyl groups is 3. The number of carbonyl (C=O) groups is 1. The van der Waals surface area contributed by atoms with Crippen molar-refractivity contribution in [2.45, 2.75) is 211 Å². The zero-order chi connectivity index (χ0) is 40.4. The third kappa shape index (κ3) is 28.6. The van der Waals surface area contributed by atoms with Crippen molar-refractivity contribution in [1.29, 1.82) is 0 Å². The van der Waals surface area contributed by atoms with Crippen molar-refractivity contribution in [3.05, 3.63) is 24.3 Å². The lowest BCUT2D eigenvalue weighted by molar-refractivity contribution is -0.301. The molecule has 1 saturated heterocycles. The first-order valence-corrected chi connectivity index (χ1v) is 23.0. The molecule has 12 nitrogen and oxygen atoms in total. The molecule has 1 fully saturated rings. The van der Waals surface area contributed by atoms with Crippen LogP contribution >= 0.6 is 0 Å². The van der Waals surface area contributed by atoms with Crippen LogP contribution in [-0.2, 0) is 38.3 Å². The Kier molecular flexibility index (Phi) is 32.5. The highest BCUT2D eigenvalue weighted by atomic mass is 32.3. The molecule has 0 aromatic heterocycles. The van der Waals surface area contributed by atoms with Gasteiger partial charge in [0.2, 0.25) is 0 Å². The van der Waals surface area contributed by atoms with Crippen LogP contribution in [0.5, 0.6) is 0 Å². The van der Waals surface area contributed by atoms with E-state index in [1.54, 1.807) is 0 Å². The fourth-order valence-electron chi connectivity index (χ4n) is 6.50. The average molecular weight is 807 g/mol. The van der Waals surface area contributed by atoms with Gasteiger partial charge in [0, 0.05) is 13.0 Å². The Hall–Kier alpha value is -1.42. The molecule has 1 aliphatic heterocycles. The van der Waals surface area contributed by atoms with E-state index in [9.17, 15) is 28.5 Å². The van der Waals surface area contributed by atoms with Crippen molar-refractivity contribution in [1.82, 2.24) is 0 Å². The summed E-state index contributed by atoms with van der Waals surface area (Å²) in [5, 5.41) is 30.3. The SMILES string of the molecule is CCCCCCC/C=C\C/C=C\CCCCCCCCCCCCCCCCOCC(COC1OC(CO)C(O)C(OS(=O)(=O)O)C1O)OC(=O)CCCC. The Morgan fingerprint density at radius 1 is 0.691 bits per heavy atom. The van der Waals surface area contributed by atoms with Crippen LogP contribution < -0.4 is 0 Å². The lowest BCUT2D eigenvalue weighted by Crippen LogP contribution is -2.60. The van der Waals surface area contributed by atoms with Crippen molar-refractivity contribution < 1.29 is 56.2 Å². The highest BCUT2D eigenvalue weighted by molar-refractivity contribution is 7.80. The molecule has 6 atom stereocenters. The minimum Gasteiger partial charge on any atom is -0.457 e. The molecule has 1 rings (SSSR count). The Morgan fingerprint density at radius 2 is 1.20 bits per heavy atom. The van der Waals surface area contributed by atoms with Gasteiger partial charge in [0.05, 0.1) is 19.8 Å². The maximum atomic E-state index is 12.3. The molecule has 13 heteroatoms. The third-order valence-electron chi connectivity index (χ3n) is 9.83. The predicted octanol–water partition coefficient (Wildman–Crippen LogP) is 8.46. The molecular formula is C42H78O12S. The van der Waals surface area contributed by atoms with Gasteiger partial charge in [-0.05, 0) is 44.9 Å². The fraction of sp³-hybridized carbons (Fsp3) is 0.881. The summed E-state index contributed by atoms with van der Waals surface area (Å²) in [6, 6.07) is 0. The summed E-state index contributed by atoms with van der Waals surface area (Å²) in [5.74, 6) is -0.433. The van der Waals surface area contributed by atoms with E-state index in [2.05, 4.69) is 35.4 Å². The second-order valence-corrected chi connectivity index (χ2v) is 16.0. The van der Waals surface area contributed by atoms with Gasteiger partial charge in [-0.15, -0.1) is 0 Å². The smallest absolute Gasteiger partial charge is 0.397 e. The second-order valence-electron chi connectivity index (χ2n) is 14.9. The van der Waals surface area contributed by atoms with E-state index in [1.807, 2.05) is 6.92 Å². The van der Waals surface area contributed by atoms with E-state index in [0.29, 0.717) is 13.0 Å². The largest absolute Gasteiger partial charge is 0.457 e. The van der Waals surface area contributed by atoms with Gasteiger partial charge in [0.15, 0.2) is 6.29 Å². The molecule has 0 bridgehead atoms. The Labute approximate surface area is 333 Å². The van der Waals surface area contributed by atoms with E-state index in [4.69, 9.17) is 23.5 Å². The van der Waals surface area contributed by atoms with Gasteiger partial charge >= 0.3 is 16.4 Å². The maximum Gasteiger partial charge on any atom is 0.397 e. The summed E-state index contributed by atoms with van der Waals surface area (Å²) in [4.78, 5) is 12.3. The van der Waals surface area contributed by atoms with Crippen LogP contribution in [-0.4, -0.2) is 97.5 Å². The molecule has 6 unspecified atom stereocenters. The molecule has 4 N–H and O–H groups in total. The number of carbonyl (C=O) groups excluding carboxylic acids is 1. The number of rotatable bonds is 37. The van der Waals surface area contributed by atoms with E-state index in [-0.39, 0.29) is 19.6 Å². The Morgan fingerprint density at radius 3 is 1.71 bits per heavy atom. The van der Waals surface area contributed by atoms with Gasteiger partial charge in [-0.1, -0.05) is 147 Å². The molecule has 1 heterocycles. The molecule has 0 spiro atoms. The van der Waals surface area contributed by atoms with Crippen LogP contribution in [0.1, 0.15) is 174 Å². The van der Waals surface area contributed by atoms with E-state index in [0.717, 1.165) is 32.1 Å². The lowest BCUT2D eigenvalue weighted by Gasteiger charge is -2.41. The van der Waals surface area contributed by atoms with Crippen LogP contribution in [0.25, 0.3) is 0 Å². The molecule has 0 saturated carbocycles. The van der Waals surface area contributed by atoms with Crippen LogP contribution in [0.3, 0.4) is 0 Å². The minimum absolute atomic E-state index is 0.0342. The van der Waals surface area contributed by atoms with Gasteiger partial charge in [-0.25, -0.2) is 4.18 Å². The normalized spacial score (nSPS) is 21.2. The van der Waals surface area contributed by atoms with Gasteiger partial charge in [0.25, 0.3) is 0 Å². The van der Waals surface area contributed by atoms with Crippen molar-refractivity contribution in [2.75, 3.05) is 26.4 Å². The van der Waals surface area contributed by atoms with Crippen molar-refractivity contribution in [3.63, 3.8) is 0 Å². The van der Waals surface area contributed by atoms with Gasteiger partial charge in [-0.2, -0.15) is 8.42 Å². The Bertz CT molecular complexity index is 1070. The van der Waals surface area contributed by atoms with Crippen molar-refractivity contribution in [2.24, 2.45) is 0 Å². The first kappa shape index (κ1) is 51.6. The highest BCUT2D eigenvalue weighted by Gasteiger charge is 2.48. The number of allylic oxidation sites excluding steroid dienone is 4. The van der Waals surface area contributed by atoms with Crippen LogP contribution in [0.15, 0.2) is 24.3 Å². The van der Waals surface area contributed by atoms with E-state index in [1.165, 1.54) is 116 Å². The Balaban J connectivity index is 2.12. The summed E-state index contributed by atoms with van der Waals surface area (Å²) in [6.45, 7) is 3.71. The maximum absolute atomic E-state index is 12.3. The quantitative estimate of drug-likeness (QED) is 0.0204. The lowest BCUT2D eigenvalue weighted by atomic mass is 9.99. The zero-order valence-corrected chi connectivity index (χ0v) is 35.1. The topological polar surface area (TPSA) is 178 Å². The number of hydrogen-bond acceptors (Lipinski definition) is 11. The number of ether oxygens (including phenoxy) is 4. The fourth-order valence-corrected chi connectivity index (χ4v) is 7.01.